The quantitative estimate of drug-likeness (QED) is 0.829. The van der Waals surface area contributed by atoms with Crippen LogP contribution in [0.2, 0.25) is 0 Å². The predicted octanol–water partition coefficient (Wildman–Crippen LogP) is 2.80. The van der Waals surface area contributed by atoms with Gasteiger partial charge >= 0.3 is 0 Å². The van der Waals surface area contributed by atoms with Crippen LogP contribution in [0, 0.1) is 5.82 Å². The molecular formula is C18H19FN2O3. The number of rotatable bonds is 2. The van der Waals surface area contributed by atoms with Gasteiger partial charge in [0.1, 0.15) is 23.8 Å². The second-order valence-corrected chi connectivity index (χ2v) is 5.56. The van der Waals surface area contributed by atoms with Crippen LogP contribution >= 0.6 is 0 Å². The summed E-state index contributed by atoms with van der Waals surface area (Å²) in [6.45, 7) is 2.64. The fraction of sp³-hybridized carbons (Fsp3) is 0.222. The molecule has 2 aromatic carbocycles. The average Bonchev–Trinajstić information content (AvgIpc) is 2.56. The maximum Gasteiger partial charge on any atom is 0.290 e. The Morgan fingerprint density at radius 3 is 2.54 bits per heavy atom. The summed E-state index contributed by atoms with van der Waals surface area (Å²) in [4.78, 5) is 12.9. The van der Waals surface area contributed by atoms with E-state index in [4.69, 9.17) is 20.4 Å². The molecule has 5 nitrogen and oxygen atoms in total. The maximum absolute atomic E-state index is 13.0. The third-order valence-electron chi connectivity index (χ3n) is 3.69. The number of hydrogen-bond donors (Lipinski definition) is 2. The molecule has 1 heterocycles. The van der Waals surface area contributed by atoms with Crippen LogP contribution in [0.3, 0.4) is 0 Å². The van der Waals surface area contributed by atoms with E-state index in [1.165, 1.54) is 12.1 Å². The predicted molar refractivity (Wildman–Crippen MR) is 90.3 cm³/mol. The van der Waals surface area contributed by atoms with Gasteiger partial charge < -0.3 is 15.6 Å². The smallest absolute Gasteiger partial charge is 0.290 e. The van der Waals surface area contributed by atoms with Crippen molar-refractivity contribution in [1.29, 1.82) is 0 Å². The van der Waals surface area contributed by atoms with Crippen LogP contribution in [0.5, 0.6) is 0 Å². The number of carbonyl (C=O) groups is 1. The van der Waals surface area contributed by atoms with Gasteiger partial charge in [-0.2, -0.15) is 0 Å². The minimum absolute atomic E-state index is 0.236. The van der Waals surface area contributed by atoms with Crippen LogP contribution in [0.25, 0.3) is 11.1 Å². The monoisotopic (exact) mass is 330 g/mol. The summed E-state index contributed by atoms with van der Waals surface area (Å²) >= 11 is 0. The van der Waals surface area contributed by atoms with Crippen molar-refractivity contribution in [1.82, 2.24) is 0 Å². The lowest BCUT2D eigenvalue weighted by Gasteiger charge is -2.30. The summed E-state index contributed by atoms with van der Waals surface area (Å²) in [5.74, 6) is 0.274. The van der Waals surface area contributed by atoms with E-state index in [0.717, 1.165) is 16.7 Å². The fourth-order valence-corrected chi connectivity index (χ4v) is 2.56. The van der Waals surface area contributed by atoms with Crippen molar-refractivity contribution < 1.29 is 19.0 Å². The van der Waals surface area contributed by atoms with Crippen LogP contribution in [-0.4, -0.2) is 30.6 Å². The number of aliphatic imine (C=N–C) groups is 1. The highest BCUT2D eigenvalue weighted by Gasteiger charge is 2.30. The third kappa shape index (κ3) is 4.17. The molecule has 126 valence electrons. The van der Waals surface area contributed by atoms with Crippen molar-refractivity contribution >= 4 is 12.3 Å². The van der Waals surface area contributed by atoms with E-state index in [-0.39, 0.29) is 12.3 Å². The zero-order valence-corrected chi connectivity index (χ0v) is 13.3. The molecule has 3 N–H and O–H groups in total. The van der Waals surface area contributed by atoms with Crippen LogP contribution in [0.15, 0.2) is 53.5 Å². The van der Waals surface area contributed by atoms with Gasteiger partial charge in [-0.1, -0.05) is 30.3 Å². The number of amidine groups is 1. The SMILES string of the molecule is CC1(c2cccc(-c3ccc(F)cc3)c2)COCC(N)=N1.O=CO. The lowest BCUT2D eigenvalue weighted by atomic mass is 9.90. The summed E-state index contributed by atoms with van der Waals surface area (Å²) < 4.78 is 18.5. The molecule has 0 amide bonds. The molecule has 0 saturated carbocycles. The molecule has 0 fully saturated rings. The first-order valence-electron chi connectivity index (χ1n) is 7.35. The molecule has 1 unspecified atom stereocenters. The van der Waals surface area contributed by atoms with Crippen LogP contribution in [-0.2, 0) is 15.1 Å². The van der Waals surface area contributed by atoms with Crippen molar-refractivity contribution in [3.05, 3.63) is 59.9 Å². The van der Waals surface area contributed by atoms with Gasteiger partial charge in [0.15, 0.2) is 0 Å². The van der Waals surface area contributed by atoms with Crippen molar-refractivity contribution in [2.75, 3.05) is 13.2 Å². The van der Waals surface area contributed by atoms with Gasteiger partial charge in [0, 0.05) is 0 Å². The summed E-state index contributed by atoms with van der Waals surface area (Å²) in [5, 5.41) is 6.89. The van der Waals surface area contributed by atoms with Gasteiger partial charge in [-0.3, -0.25) is 9.79 Å². The van der Waals surface area contributed by atoms with Gasteiger partial charge in [-0.05, 0) is 41.8 Å². The minimum atomic E-state index is -0.474. The van der Waals surface area contributed by atoms with E-state index >= 15 is 0 Å². The van der Waals surface area contributed by atoms with Crippen molar-refractivity contribution in [2.45, 2.75) is 12.5 Å². The highest BCUT2D eigenvalue weighted by atomic mass is 19.1. The second-order valence-electron chi connectivity index (χ2n) is 5.56. The molecule has 0 radical (unpaired) electrons. The molecule has 1 atom stereocenters. The molecule has 0 saturated heterocycles. The Bertz CT molecular complexity index is 731. The summed E-state index contributed by atoms with van der Waals surface area (Å²) in [6.07, 6.45) is 0. The molecule has 6 heteroatoms. The molecule has 1 aliphatic rings. The normalized spacial score (nSPS) is 19.7. The Balaban J connectivity index is 0.000000647. The third-order valence-corrected chi connectivity index (χ3v) is 3.69. The van der Waals surface area contributed by atoms with E-state index in [1.807, 2.05) is 25.1 Å². The zero-order valence-electron chi connectivity index (χ0n) is 13.3. The summed E-state index contributed by atoms with van der Waals surface area (Å²) in [5.41, 5.74) is 8.35. The van der Waals surface area contributed by atoms with E-state index in [0.29, 0.717) is 19.0 Å². The number of halogens is 1. The first-order chi connectivity index (χ1) is 11.5. The number of carboxylic acid groups (broad SMARTS) is 1. The van der Waals surface area contributed by atoms with E-state index in [2.05, 4.69) is 11.1 Å². The fourth-order valence-electron chi connectivity index (χ4n) is 2.56. The Morgan fingerprint density at radius 1 is 1.25 bits per heavy atom. The lowest BCUT2D eigenvalue weighted by molar-refractivity contribution is -0.122. The first kappa shape index (κ1) is 17.6. The number of benzene rings is 2. The Kier molecular flexibility index (Phi) is 5.65. The molecule has 24 heavy (non-hydrogen) atoms. The standard InChI is InChI=1S/C17H17FN2O.CH2O2/c1-17(11-21-10-16(19)20-17)14-4-2-3-13(9-14)12-5-7-15(18)8-6-12;2-1-3/h2-9H,10-11H2,1H3,(H2,19,20);1H,(H,2,3). The van der Waals surface area contributed by atoms with Gasteiger partial charge in [0.2, 0.25) is 0 Å². The molecule has 0 spiro atoms. The Labute approximate surface area is 139 Å². The maximum atomic E-state index is 13.0. The Hall–Kier alpha value is -2.73. The van der Waals surface area contributed by atoms with Crippen LogP contribution < -0.4 is 5.73 Å². The van der Waals surface area contributed by atoms with E-state index in [1.54, 1.807) is 12.1 Å². The van der Waals surface area contributed by atoms with Crippen molar-refractivity contribution in [3.8, 4) is 11.1 Å². The first-order valence-corrected chi connectivity index (χ1v) is 7.35. The second kappa shape index (κ2) is 7.70. The van der Waals surface area contributed by atoms with Crippen LogP contribution in [0.1, 0.15) is 12.5 Å². The van der Waals surface area contributed by atoms with E-state index < -0.39 is 5.54 Å². The molecule has 0 bridgehead atoms. The average molecular weight is 330 g/mol. The molecule has 2 aromatic rings. The molecule has 3 rings (SSSR count). The highest BCUT2D eigenvalue weighted by Crippen LogP contribution is 2.31. The van der Waals surface area contributed by atoms with Gasteiger partial charge in [-0.15, -0.1) is 0 Å². The molecule has 0 aliphatic carbocycles. The van der Waals surface area contributed by atoms with Crippen molar-refractivity contribution in [3.63, 3.8) is 0 Å². The van der Waals surface area contributed by atoms with Crippen LogP contribution in [0.4, 0.5) is 4.39 Å². The van der Waals surface area contributed by atoms with Gasteiger partial charge in [-0.25, -0.2) is 4.39 Å². The summed E-state index contributed by atoms with van der Waals surface area (Å²) in [6, 6.07) is 14.5. The Morgan fingerprint density at radius 2 is 1.92 bits per heavy atom. The van der Waals surface area contributed by atoms with Gasteiger partial charge in [0.25, 0.3) is 6.47 Å². The highest BCUT2D eigenvalue weighted by molar-refractivity contribution is 5.82. The number of nitrogens with two attached hydrogens (primary N) is 1. The topological polar surface area (TPSA) is 84.9 Å². The largest absolute Gasteiger partial charge is 0.483 e. The molecule has 1 aliphatic heterocycles. The summed E-state index contributed by atoms with van der Waals surface area (Å²) in [7, 11) is 0. The zero-order chi connectivity index (χ0) is 17.6. The van der Waals surface area contributed by atoms with Crippen molar-refractivity contribution in [2.24, 2.45) is 10.7 Å². The number of hydrogen-bond acceptors (Lipinski definition) is 4. The number of nitrogens with zero attached hydrogens (tertiary/aromatic N) is 1. The molecule has 0 aromatic heterocycles. The molecular weight excluding hydrogens is 311 g/mol. The number of ether oxygens (including phenoxy) is 1. The van der Waals surface area contributed by atoms with Gasteiger partial charge in [0.05, 0.1) is 6.61 Å². The minimum Gasteiger partial charge on any atom is -0.483 e. The lowest BCUT2D eigenvalue weighted by Crippen LogP contribution is -2.37. The van der Waals surface area contributed by atoms with E-state index in [9.17, 15) is 4.39 Å².